The summed E-state index contributed by atoms with van der Waals surface area (Å²) < 4.78 is 0. The molecule has 0 unspecified atom stereocenters. The average Bonchev–Trinajstić information content (AvgIpc) is 1.98. The van der Waals surface area contributed by atoms with E-state index in [1.54, 1.807) is 6.08 Å². The van der Waals surface area contributed by atoms with E-state index in [4.69, 9.17) is 5.14 Å². The van der Waals surface area contributed by atoms with E-state index in [0.29, 0.717) is 0 Å². The van der Waals surface area contributed by atoms with Crippen molar-refractivity contribution in [1.82, 2.24) is 0 Å². The molecule has 0 fully saturated rings. The van der Waals surface area contributed by atoms with Crippen LogP contribution >= 0.6 is 11.9 Å². The monoisotopic (exact) mass is 155 g/mol. The molecule has 56 valence electrons. The first-order chi connectivity index (χ1) is 4.85. The molecule has 0 aromatic heterocycles. The molecule has 0 radical (unpaired) electrons. The van der Waals surface area contributed by atoms with Gasteiger partial charge in [0, 0.05) is 4.91 Å². The van der Waals surface area contributed by atoms with Crippen LogP contribution in [0.4, 0.5) is 0 Å². The van der Waals surface area contributed by atoms with Crippen LogP contribution in [0, 0.1) is 0 Å². The molecule has 0 atom stereocenters. The maximum Gasteiger partial charge on any atom is 0.0222 e. The molecule has 1 nitrogen and oxygen atoms in total. The fraction of sp³-hybridized carbons (Fsp3) is 0.250. The van der Waals surface area contributed by atoms with Gasteiger partial charge in [-0.15, -0.1) is 0 Å². The molecule has 0 heterocycles. The SMILES string of the molecule is C=C/C=C(\C=C/CC)SN. The quantitative estimate of drug-likeness (QED) is 0.499. The minimum atomic E-state index is 1.04. The highest BCUT2D eigenvalue weighted by molar-refractivity contribution is 8.01. The van der Waals surface area contributed by atoms with Crippen molar-refractivity contribution in [3.8, 4) is 0 Å². The summed E-state index contributed by atoms with van der Waals surface area (Å²) >= 11 is 1.24. The molecule has 0 aliphatic rings. The van der Waals surface area contributed by atoms with Gasteiger partial charge in [-0.05, 0) is 24.4 Å². The minimum Gasteiger partial charge on any atom is -0.274 e. The maximum absolute atomic E-state index is 5.35. The molecule has 0 rings (SSSR count). The van der Waals surface area contributed by atoms with Gasteiger partial charge in [0.25, 0.3) is 0 Å². The third kappa shape index (κ3) is 4.41. The largest absolute Gasteiger partial charge is 0.274 e. The third-order valence-electron chi connectivity index (χ3n) is 0.936. The van der Waals surface area contributed by atoms with Gasteiger partial charge < -0.3 is 0 Å². The molecule has 0 amide bonds. The van der Waals surface area contributed by atoms with Crippen LogP contribution in [-0.2, 0) is 0 Å². The smallest absolute Gasteiger partial charge is 0.0222 e. The van der Waals surface area contributed by atoms with Crippen LogP contribution < -0.4 is 5.14 Å². The average molecular weight is 155 g/mol. The zero-order valence-electron chi connectivity index (χ0n) is 6.21. The summed E-state index contributed by atoms with van der Waals surface area (Å²) in [7, 11) is 0. The molecular weight excluding hydrogens is 142 g/mol. The molecule has 0 spiro atoms. The van der Waals surface area contributed by atoms with E-state index in [0.717, 1.165) is 11.3 Å². The molecule has 10 heavy (non-hydrogen) atoms. The third-order valence-corrected chi connectivity index (χ3v) is 1.48. The Bertz CT molecular complexity index is 147. The van der Waals surface area contributed by atoms with Crippen LogP contribution in [0.2, 0.25) is 0 Å². The van der Waals surface area contributed by atoms with Crippen molar-refractivity contribution in [2.45, 2.75) is 13.3 Å². The standard InChI is InChI=1S/C8H13NS/c1-3-5-7-8(10-9)6-4-2/h4-7H,2-3,9H2,1H3/b7-5-,8-6+. The predicted molar refractivity (Wildman–Crippen MR) is 49.5 cm³/mol. The van der Waals surface area contributed by atoms with Gasteiger partial charge in [0.15, 0.2) is 0 Å². The maximum atomic E-state index is 5.35. The molecule has 2 N–H and O–H groups in total. The van der Waals surface area contributed by atoms with E-state index in [2.05, 4.69) is 19.6 Å². The summed E-state index contributed by atoms with van der Waals surface area (Å²) in [4.78, 5) is 1.04. The van der Waals surface area contributed by atoms with Crippen LogP contribution in [0.15, 0.2) is 35.8 Å². The van der Waals surface area contributed by atoms with Gasteiger partial charge in [-0.3, -0.25) is 5.14 Å². The number of hydrogen-bond donors (Lipinski definition) is 1. The Balaban J connectivity index is 3.94. The highest BCUT2D eigenvalue weighted by atomic mass is 32.2. The topological polar surface area (TPSA) is 26.0 Å². The van der Waals surface area contributed by atoms with Gasteiger partial charge in [-0.1, -0.05) is 31.7 Å². The Hall–Kier alpha value is -0.470. The van der Waals surface area contributed by atoms with Gasteiger partial charge in [-0.25, -0.2) is 0 Å². The molecule has 0 aliphatic heterocycles. The predicted octanol–water partition coefficient (Wildman–Crippen LogP) is 2.63. The van der Waals surface area contributed by atoms with Crippen LogP contribution in [0.3, 0.4) is 0 Å². The Morgan fingerprint density at radius 3 is 2.80 bits per heavy atom. The van der Waals surface area contributed by atoms with Crippen molar-refractivity contribution in [2.75, 3.05) is 0 Å². The van der Waals surface area contributed by atoms with Crippen molar-refractivity contribution >= 4 is 11.9 Å². The van der Waals surface area contributed by atoms with Gasteiger partial charge in [0.1, 0.15) is 0 Å². The summed E-state index contributed by atoms with van der Waals surface area (Å²) in [5.74, 6) is 0. The Kier molecular flexibility index (Phi) is 6.33. The minimum absolute atomic E-state index is 1.04. The van der Waals surface area contributed by atoms with E-state index in [1.165, 1.54) is 11.9 Å². The van der Waals surface area contributed by atoms with E-state index < -0.39 is 0 Å². The highest BCUT2D eigenvalue weighted by Gasteiger charge is 1.83. The van der Waals surface area contributed by atoms with Crippen LogP contribution in [0.1, 0.15) is 13.3 Å². The van der Waals surface area contributed by atoms with Gasteiger partial charge in [0.05, 0.1) is 0 Å². The zero-order valence-corrected chi connectivity index (χ0v) is 7.03. The molecule has 0 bridgehead atoms. The summed E-state index contributed by atoms with van der Waals surface area (Å²) in [6, 6.07) is 0. The lowest BCUT2D eigenvalue weighted by Crippen LogP contribution is -1.78. The van der Waals surface area contributed by atoms with Crippen molar-refractivity contribution in [3.05, 3.63) is 35.8 Å². The van der Waals surface area contributed by atoms with Gasteiger partial charge in [0.2, 0.25) is 0 Å². The molecule has 0 aromatic rings. The molecule has 0 aromatic carbocycles. The first kappa shape index (κ1) is 9.53. The summed E-state index contributed by atoms with van der Waals surface area (Å²) in [6.07, 6.45) is 8.71. The Morgan fingerprint density at radius 1 is 1.70 bits per heavy atom. The van der Waals surface area contributed by atoms with E-state index in [9.17, 15) is 0 Å². The van der Waals surface area contributed by atoms with Crippen LogP contribution in [-0.4, -0.2) is 0 Å². The lowest BCUT2D eigenvalue weighted by molar-refractivity contribution is 1.22. The second-order valence-electron chi connectivity index (χ2n) is 1.73. The van der Waals surface area contributed by atoms with E-state index in [-0.39, 0.29) is 0 Å². The normalized spacial score (nSPS) is 12.4. The first-order valence-corrected chi connectivity index (χ1v) is 4.09. The lowest BCUT2D eigenvalue weighted by atomic mass is 10.4. The first-order valence-electron chi connectivity index (χ1n) is 3.21. The Morgan fingerprint density at radius 2 is 2.40 bits per heavy atom. The van der Waals surface area contributed by atoms with Gasteiger partial charge in [-0.2, -0.15) is 0 Å². The lowest BCUT2D eigenvalue weighted by Gasteiger charge is -1.91. The van der Waals surface area contributed by atoms with Crippen LogP contribution in [0.5, 0.6) is 0 Å². The molecule has 0 saturated heterocycles. The van der Waals surface area contributed by atoms with Crippen molar-refractivity contribution in [2.24, 2.45) is 5.14 Å². The molecule has 2 heteroatoms. The number of nitrogens with two attached hydrogens (primary N) is 1. The highest BCUT2D eigenvalue weighted by Crippen LogP contribution is 2.09. The van der Waals surface area contributed by atoms with E-state index >= 15 is 0 Å². The molecular formula is C8H13NS. The van der Waals surface area contributed by atoms with Crippen molar-refractivity contribution in [3.63, 3.8) is 0 Å². The summed E-state index contributed by atoms with van der Waals surface area (Å²) in [6.45, 7) is 5.66. The van der Waals surface area contributed by atoms with Crippen molar-refractivity contribution in [1.29, 1.82) is 0 Å². The van der Waals surface area contributed by atoms with E-state index in [1.807, 2.05) is 12.2 Å². The second kappa shape index (κ2) is 6.65. The second-order valence-corrected chi connectivity index (χ2v) is 2.44. The van der Waals surface area contributed by atoms with Crippen molar-refractivity contribution < 1.29 is 0 Å². The number of allylic oxidation sites excluding steroid dienone is 4. The summed E-state index contributed by atoms with van der Waals surface area (Å²) in [5.41, 5.74) is 0. The summed E-state index contributed by atoms with van der Waals surface area (Å²) in [5, 5.41) is 5.35. The van der Waals surface area contributed by atoms with Crippen LogP contribution in [0.25, 0.3) is 0 Å². The molecule has 0 saturated carbocycles. The fourth-order valence-corrected chi connectivity index (χ4v) is 0.834. The number of rotatable bonds is 4. The zero-order chi connectivity index (χ0) is 7.82. The van der Waals surface area contributed by atoms with Gasteiger partial charge >= 0.3 is 0 Å². The Labute approximate surface area is 66.8 Å². The number of hydrogen-bond acceptors (Lipinski definition) is 2. The molecule has 0 aliphatic carbocycles. The fourth-order valence-electron chi connectivity index (χ4n) is 0.484.